The topological polar surface area (TPSA) is 162 Å². The van der Waals surface area contributed by atoms with Crippen molar-refractivity contribution in [3.63, 3.8) is 0 Å². The Bertz CT molecular complexity index is 1450. The quantitative estimate of drug-likeness (QED) is 0.229. The molecule has 10 nitrogen and oxygen atoms in total. The molecule has 1 atom stereocenters. The van der Waals surface area contributed by atoms with E-state index in [4.69, 9.17) is 10.8 Å². The zero-order valence-electron chi connectivity index (χ0n) is 19.1. The minimum absolute atomic E-state index is 0.0784. The minimum Gasteiger partial charge on any atom is -0.480 e. The van der Waals surface area contributed by atoms with Crippen molar-refractivity contribution in [1.29, 1.82) is 0 Å². The number of carbonyl (C=O) groups is 3. The van der Waals surface area contributed by atoms with Crippen LogP contribution in [0, 0.1) is 12.7 Å². The number of aliphatic carboxylic acids is 1. The van der Waals surface area contributed by atoms with Crippen molar-refractivity contribution in [2.75, 3.05) is 16.0 Å². The second-order valence-electron chi connectivity index (χ2n) is 8.14. The normalized spacial score (nSPS) is 11.6. The number of aryl methyl sites for hydroxylation is 1. The maximum Gasteiger partial charge on any atom is 0.323 e. The minimum atomic E-state index is -1.32. The summed E-state index contributed by atoms with van der Waals surface area (Å²) in [6, 6.07) is 14.9. The monoisotopic (exact) mass is 490 g/mol. The zero-order valence-corrected chi connectivity index (χ0v) is 19.1. The summed E-state index contributed by atoms with van der Waals surface area (Å²) in [5, 5.41) is 24.3. The Labute approximate surface area is 204 Å². The van der Waals surface area contributed by atoms with Gasteiger partial charge in [-0.1, -0.05) is 30.3 Å². The summed E-state index contributed by atoms with van der Waals surface area (Å²) in [5.41, 5.74) is 9.00. The van der Waals surface area contributed by atoms with Crippen molar-refractivity contribution in [1.82, 2.24) is 10.2 Å². The number of aromatic amines is 1. The van der Waals surface area contributed by atoms with Crippen LogP contribution in [0.4, 0.5) is 26.4 Å². The van der Waals surface area contributed by atoms with E-state index in [0.717, 1.165) is 16.7 Å². The van der Waals surface area contributed by atoms with Gasteiger partial charge in [0.2, 0.25) is 5.91 Å². The fourth-order valence-corrected chi connectivity index (χ4v) is 3.63. The highest BCUT2D eigenvalue weighted by Crippen LogP contribution is 2.33. The molecule has 0 radical (unpaired) electrons. The van der Waals surface area contributed by atoms with Gasteiger partial charge in [-0.25, -0.2) is 9.18 Å². The van der Waals surface area contributed by atoms with Crippen LogP contribution in [0.2, 0.25) is 0 Å². The molecule has 3 amide bonds. The molecule has 0 spiro atoms. The summed E-state index contributed by atoms with van der Waals surface area (Å²) in [7, 11) is 0. The molecule has 0 unspecified atom stereocenters. The summed E-state index contributed by atoms with van der Waals surface area (Å²) < 4.78 is 13.9. The van der Waals surface area contributed by atoms with Crippen molar-refractivity contribution in [2.45, 2.75) is 19.4 Å². The van der Waals surface area contributed by atoms with Gasteiger partial charge in [-0.3, -0.25) is 14.7 Å². The second-order valence-corrected chi connectivity index (χ2v) is 8.14. The third-order valence-electron chi connectivity index (χ3n) is 5.39. The highest BCUT2D eigenvalue weighted by Gasteiger charge is 2.19. The number of benzene rings is 3. The highest BCUT2D eigenvalue weighted by molar-refractivity contribution is 6.07. The standard InChI is InChI=1S/C25H23FN6O4/c1-13-5-10-17(26)20(11-13)29-25(36)28-15-8-6-14(7-9-15)16-3-2-4-19-22(16)23(32-31-19)30-21(33)12-18(27)24(34)35/h2-11,18H,12,27H2,1H3,(H,34,35)(H2,28,29,36)(H2,30,31,32,33)/t18-/m0/s1. The smallest absolute Gasteiger partial charge is 0.323 e. The average Bonchev–Trinajstić information content (AvgIpc) is 3.24. The first-order valence-electron chi connectivity index (χ1n) is 10.9. The fraction of sp³-hybridized carbons (Fsp3) is 0.120. The van der Waals surface area contributed by atoms with Crippen molar-refractivity contribution in [3.05, 3.63) is 72.0 Å². The fourth-order valence-electron chi connectivity index (χ4n) is 3.63. The predicted octanol–water partition coefficient (Wildman–Crippen LogP) is 4.06. The van der Waals surface area contributed by atoms with Crippen LogP contribution in [-0.2, 0) is 9.59 Å². The van der Waals surface area contributed by atoms with E-state index in [2.05, 4.69) is 26.1 Å². The highest BCUT2D eigenvalue weighted by atomic mass is 19.1. The van der Waals surface area contributed by atoms with Crippen LogP contribution >= 0.6 is 0 Å². The number of nitrogens with one attached hydrogen (secondary N) is 4. The number of hydrogen-bond donors (Lipinski definition) is 6. The lowest BCUT2D eigenvalue weighted by Crippen LogP contribution is -2.34. The number of halogens is 1. The molecular weight excluding hydrogens is 467 g/mol. The molecule has 4 aromatic rings. The number of anilines is 3. The maximum atomic E-state index is 13.9. The lowest BCUT2D eigenvalue weighted by molar-refractivity contribution is -0.140. The first-order chi connectivity index (χ1) is 17.2. The molecule has 0 aliphatic heterocycles. The molecular formula is C25H23FN6O4. The molecule has 0 saturated heterocycles. The van der Waals surface area contributed by atoms with E-state index < -0.39 is 36.2 Å². The molecule has 7 N–H and O–H groups in total. The van der Waals surface area contributed by atoms with Crippen LogP contribution in [0.5, 0.6) is 0 Å². The predicted molar refractivity (Wildman–Crippen MR) is 134 cm³/mol. The van der Waals surface area contributed by atoms with Crippen LogP contribution in [0.15, 0.2) is 60.7 Å². The van der Waals surface area contributed by atoms with Crippen molar-refractivity contribution in [2.24, 2.45) is 5.73 Å². The number of amides is 3. The number of fused-ring (bicyclic) bond motifs is 1. The Morgan fingerprint density at radius 2 is 1.81 bits per heavy atom. The van der Waals surface area contributed by atoms with Gasteiger partial charge in [-0.05, 0) is 53.9 Å². The van der Waals surface area contributed by atoms with Crippen LogP contribution < -0.4 is 21.7 Å². The number of H-pyrrole nitrogens is 1. The van der Waals surface area contributed by atoms with E-state index in [9.17, 15) is 18.8 Å². The Balaban J connectivity index is 1.51. The second kappa shape index (κ2) is 10.2. The molecule has 184 valence electrons. The number of carboxylic acids is 1. The van der Waals surface area contributed by atoms with Crippen LogP contribution in [-0.4, -0.2) is 39.3 Å². The lowest BCUT2D eigenvalue weighted by atomic mass is 10.0. The number of nitrogens with two attached hydrogens (primary N) is 1. The van der Waals surface area contributed by atoms with Gasteiger partial charge in [0, 0.05) is 5.69 Å². The molecule has 0 fully saturated rings. The summed E-state index contributed by atoms with van der Waals surface area (Å²) in [5.74, 6) is -2.15. The lowest BCUT2D eigenvalue weighted by Gasteiger charge is -2.11. The van der Waals surface area contributed by atoms with E-state index >= 15 is 0 Å². The van der Waals surface area contributed by atoms with Gasteiger partial charge in [-0.15, -0.1) is 0 Å². The maximum absolute atomic E-state index is 13.9. The number of rotatable bonds is 7. The van der Waals surface area contributed by atoms with E-state index in [1.165, 1.54) is 12.1 Å². The SMILES string of the molecule is Cc1ccc(F)c(NC(=O)Nc2ccc(-c3cccc4[nH]nc(NC(=O)C[C@H](N)C(=O)O)c34)cc2)c1. The van der Waals surface area contributed by atoms with E-state index in [1.807, 2.05) is 12.1 Å². The average molecular weight is 490 g/mol. The van der Waals surface area contributed by atoms with Gasteiger partial charge in [0.1, 0.15) is 11.9 Å². The van der Waals surface area contributed by atoms with Crippen molar-refractivity contribution >= 4 is 46.0 Å². The van der Waals surface area contributed by atoms with Gasteiger partial charge < -0.3 is 26.8 Å². The molecule has 11 heteroatoms. The van der Waals surface area contributed by atoms with Gasteiger partial charge >= 0.3 is 12.0 Å². The summed E-state index contributed by atoms with van der Waals surface area (Å²) in [6.45, 7) is 1.80. The largest absolute Gasteiger partial charge is 0.480 e. The molecule has 0 saturated carbocycles. The van der Waals surface area contributed by atoms with E-state index in [1.54, 1.807) is 43.3 Å². The summed E-state index contributed by atoms with van der Waals surface area (Å²) >= 11 is 0. The first kappa shape index (κ1) is 24.4. The molecule has 0 aliphatic rings. The van der Waals surface area contributed by atoms with Crippen molar-refractivity contribution in [3.8, 4) is 11.1 Å². The summed E-state index contributed by atoms with van der Waals surface area (Å²) in [4.78, 5) is 35.5. The molecule has 0 aliphatic carbocycles. The zero-order chi connectivity index (χ0) is 25.8. The number of carbonyl (C=O) groups excluding carboxylic acids is 2. The summed E-state index contributed by atoms with van der Waals surface area (Å²) in [6.07, 6.45) is -0.402. The Morgan fingerprint density at radius 1 is 1.06 bits per heavy atom. The van der Waals surface area contributed by atoms with Crippen LogP contribution in [0.1, 0.15) is 12.0 Å². The third kappa shape index (κ3) is 5.47. The molecule has 0 bridgehead atoms. The van der Waals surface area contributed by atoms with Crippen LogP contribution in [0.25, 0.3) is 22.0 Å². The molecule has 3 aromatic carbocycles. The third-order valence-corrected chi connectivity index (χ3v) is 5.39. The molecule has 4 rings (SSSR count). The van der Waals surface area contributed by atoms with E-state index in [0.29, 0.717) is 16.6 Å². The Hall–Kier alpha value is -4.77. The number of urea groups is 1. The Morgan fingerprint density at radius 3 is 2.53 bits per heavy atom. The first-order valence-corrected chi connectivity index (χ1v) is 10.9. The van der Waals surface area contributed by atoms with Gasteiger partial charge in [0.05, 0.1) is 23.0 Å². The number of hydrogen-bond acceptors (Lipinski definition) is 5. The van der Waals surface area contributed by atoms with Gasteiger partial charge in [-0.2, -0.15) is 5.10 Å². The molecule has 1 aromatic heterocycles. The number of aromatic nitrogens is 2. The van der Waals surface area contributed by atoms with Gasteiger partial charge in [0.15, 0.2) is 5.82 Å². The molecule has 1 heterocycles. The van der Waals surface area contributed by atoms with Crippen molar-refractivity contribution < 1.29 is 23.9 Å². The Kier molecular flexibility index (Phi) is 6.93. The number of carboxylic acid groups (broad SMARTS) is 1. The molecule has 36 heavy (non-hydrogen) atoms. The number of nitrogens with zero attached hydrogens (tertiary/aromatic N) is 1. The van der Waals surface area contributed by atoms with E-state index in [-0.39, 0.29) is 11.5 Å². The van der Waals surface area contributed by atoms with Gasteiger partial charge in [0.25, 0.3) is 0 Å². The van der Waals surface area contributed by atoms with Crippen LogP contribution in [0.3, 0.4) is 0 Å².